The molecule has 0 spiro atoms. The van der Waals surface area contributed by atoms with E-state index < -0.39 is 0 Å². The van der Waals surface area contributed by atoms with E-state index in [1.54, 1.807) is 0 Å². The van der Waals surface area contributed by atoms with Gasteiger partial charge in [0.2, 0.25) is 5.89 Å². The number of nitrogens with zero attached hydrogens (tertiary/aromatic N) is 4. The van der Waals surface area contributed by atoms with Crippen LogP contribution in [0.5, 0.6) is 0 Å². The lowest BCUT2D eigenvalue weighted by atomic mass is 10.0. The fraction of sp³-hybridized carbons (Fsp3) is 0.800. The zero-order chi connectivity index (χ0) is 19.2. The second-order valence-corrected chi connectivity index (χ2v) is 7.99. The number of aliphatic hydroxyl groups is 1. The molecule has 152 valence electrons. The van der Waals surface area contributed by atoms with Crippen LogP contribution in [0.3, 0.4) is 0 Å². The summed E-state index contributed by atoms with van der Waals surface area (Å²) in [4.78, 5) is 23.7. The molecule has 0 saturated carbocycles. The minimum absolute atomic E-state index is 0.00747. The Morgan fingerprint density at radius 2 is 2.00 bits per heavy atom. The van der Waals surface area contributed by atoms with Crippen LogP contribution in [0.2, 0.25) is 0 Å². The number of amides is 1. The highest BCUT2D eigenvalue weighted by Crippen LogP contribution is 2.19. The maximum absolute atomic E-state index is 12.7. The molecule has 1 aromatic heterocycles. The number of piperazine rings is 1. The van der Waals surface area contributed by atoms with Crippen LogP contribution in [0.15, 0.2) is 10.7 Å². The Bertz CT molecular complexity index is 598. The van der Waals surface area contributed by atoms with Gasteiger partial charge in [0.1, 0.15) is 6.26 Å². The Morgan fingerprint density at radius 3 is 2.70 bits per heavy atom. The molecular weight excluding hydrogens is 344 g/mol. The average molecular weight is 379 g/mol. The molecule has 3 heterocycles. The van der Waals surface area contributed by atoms with Gasteiger partial charge in [-0.15, -0.1) is 0 Å². The van der Waals surface area contributed by atoms with Crippen molar-refractivity contribution in [1.82, 2.24) is 19.7 Å². The van der Waals surface area contributed by atoms with Crippen molar-refractivity contribution < 1.29 is 14.3 Å². The molecule has 7 nitrogen and oxygen atoms in total. The van der Waals surface area contributed by atoms with Gasteiger partial charge in [-0.25, -0.2) is 4.98 Å². The molecule has 0 aromatic carbocycles. The highest BCUT2D eigenvalue weighted by molar-refractivity contribution is 5.92. The first-order valence-electron chi connectivity index (χ1n) is 10.4. The number of aromatic nitrogens is 1. The van der Waals surface area contributed by atoms with E-state index in [9.17, 15) is 9.90 Å². The molecular formula is C20H34N4O3. The topological polar surface area (TPSA) is 73.1 Å². The van der Waals surface area contributed by atoms with E-state index in [1.165, 1.54) is 12.7 Å². The predicted molar refractivity (Wildman–Crippen MR) is 103 cm³/mol. The number of oxazole rings is 1. The summed E-state index contributed by atoms with van der Waals surface area (Å²) in [6, 6.07) is 0.280. The first-order chi connectivity index (χ1) is 13.1. The first-order valence-corrected chi connectivity index (χ1v) is 10.4. The van der Waals surface area contributed by atoms with E-state index in [-0.39, 0.29) is 18.1 Å². The molecule has 0 radical (unpaired) electrons. The summed E-state index contributed by atoms with van der Waals surface area (Å²) >= 11 is 0. The lowest BCUT2D eigenvalue weighted by molar-refractivity contribution is 0.0628. The number of hydrogen-bond acceptors (Lipinski definition) is 6. The van der Waals surface area contributed by atoms with Gasteiger partial charge in [0.25, 0.3) is 5.91 Å². The summed E-state index contributed by atoms with van der Waals surface area (Å²) in [5.74, 6) is 0.606. The van der Waals surface area contributed by atoms with Crippen molar-refractivity contribution >= 4 is 5.91 Å². The summed E-state index contributed by atoms with van der Waals surface area (Å²) in [7, 11) is 0. The Balaban J connectivity index is 1.46. The van der Waals surface area contributed by atoms with Crippen LogP contribution >= 0.6 is 0 Å². The fourth-order valence-electron chi connectivity index (χ4n) is 4.07. The number of aliphatic hydroxyl groups excluding tert-OH is 1. The number of carbonyl (C=O) groups excluding carboxylic acids is 1. The Morgan fingerprint density at radius 1 is 1.26 bits per heavy atom. The van der Waals surface area contributed by atoms with Gasteiger partial charge in [-0.05, 0) is 32.6 Å². The monoisotopic (exact) mass is 378 g/mol. The summed E-state index contributed by atoms with van der Waals surface area (Å²) in [5.41, 5.74) is 0.431. The standard InChI is InChI=1S/C20H34N4O3/c1-3-6-17(25)13-22-9-11-23(12-10-22)14-19-21-18(15-27-19)20(26)24-8-5-4-7-16(24)2/h15-17,25H,3-14H2,1-2H3. The molecule has 2 aliphatic heterocycles. The average Bonchev–Trinajstić information content (AvgIpc) is 3.12. The van der Waals surface area contributed by atoms with Gasteiger partial charge in [-0.1, -0.05) is 13.3 Å². The number of rotatable bonds is 7. The molecule has 2 atom stereocenters. The van der Waals surface area contributed by atoms with Gasteiger partial charge in [-0.2, -0.15) is 0 Å². The van der Waals surface area contributed by atoms with Crippen molar-refractivity contribution in [2.24, 2.45) is 0 Å². The quantitative estimate of drug-likeness (QED) is 0.782. The second kappa shape index (κ2) is 9.66. The van der Waals surface area contributed by atoms with Crippen LogP contribution in [0, 0.1) is 0 Å². The SMILES string of the molecule is CCCC(O)CN1CCN(Cc2nc(C(=O)N3CCCCC3C)co2)CC1. The molecule has 2 unspecified atom stereocenters. The smallest absolute Gasteiger partial charge is 0.276 e. The van der Waals surface area contributed by atoms with Crippen LogP contribution < -0.4 is 0 Å². The molecule has 3 rings (SSSR count). The molecule has 2 fully saturated rings. The van der Waals surface area contributed by atoms with Crippen LogP contribution in [0.25, 0.3) is 0 Å². The maximum atomic E-state index is 12.7. The minimum Gasteiger partial charge on any atom is -0.447 e. The zero-order valence-electron chi connectivity index (χ0n) is 16.8. The molecule has 7 heteroatoms. The van der Waals surface area contributed by atoms with Gasteiger partial charge in [0.15, 0.2) is 5.69 Å². The molecule has 1 amide bonds. The normalized spacial score (nSPS) is 23.5. The van der Waals surface area contributed by atoms with E-state index in [0.29, 0.717) is 18.1 Å². The van der Waals surface area contributed by atoms with Gasteiger partial charge >= 0.3 is 0 Å². The Hall–Kier alpha value is -1.44. The van der Waals surface area contributed by atoms with E-state index in [1.807, 2.05) is 4.90 Å². The van der Waals surface area contributed by atoms with Crippen molar-refractivity contribution in [2.75, 3.05) is 39.3 Å². The molecule has 0 bridgehead atoms. The van der Waals surface area contributed by atoms with Crippen LogP contribution in [0.1, 0.15) is 62.3 Å². The molecule has 27 heavy (non-hydrogen) atoms. The van der Waals surface area contributed by atoms with Crippen molar-refractivity contribution in [3.8, 4) is 0 Å². The fourth-order valence-corrected chi connectivity index (χ4v) is 4.07. The van der Waals surface area contributed by atoms with Crippen molar-refractivity contribution in [3.05, 3.63) is 17.8 Å². The lowest BCUT2D eigenvalue weighted by Crippen LogP contribution is -2.48. The highest BCUT2D eigenvalue weighted by Gasteiger charge is 2.27. The molecule has 1 N–H and O–H groups in total. The maximum Gasteiger partial charge on any atom is 0.276 e. The van der Waals surface area contributed by atoms with Crippen molar-refractivity contribution in [3.63, 3.8) is 0 Å². The Kier molecular flexibility index (Phi) is 7.26. The van der Waals surface area contributed by atoms with Crippen molar-refractivity contribution in [2.45, 2.75) is 64.6 Å². The van der Waals surface area contributed by atoms with Crippen molar-refractivity contribution in [1.29, 1.82) is 0 Å². The third-order valence-corrected chi connectivity index (χ3v) is 5.75. The summed E-state index contributed by atoms with van der Waals surface area (Å²) in [6.45, 7) is 10.1. The third kappa shape index (κ3) is 5.53. The second-order valence-electron chi connectivity index (χ2n) is 7.99. The number of hydrogen-bond donors (Lipinski definition) is 1. The zero-order valence-corrected chi connectivity index (χ0v) is 16.8. The molecule has 0 aliphatic carbocycles. The van der Waals surface area contributed by atoms with Gasteiger partial charge in [-0.3, -0.25) is 14.6 Å². The van der Waals surface area contributed by atoms with Gasteiger partial charge in [0, 0.05) is 45.3 Å². The summed E-state index contributed by atoms with van der Waals surface area (Å²) < 4.78 is 5.58. The summed E-state index contributed by atoms with van der Waals surface area (Å²) in [5, 5.41) is 9.97. The first kappa shape index (κ1) is 20.3. The minimum atomic E-state index is -0.223. The molecule has 1 aromatic rings. The molecule has 2 saturated heterocycles. The Labute approximate surface area is 162 Å². The lowest BCUT2D eigenvalue weighted by Gasteiger charge is -2.35. The number of piperidine rings is 1. The van der Waals surface area contributed by atoms with E-state index in [4.69, 9.17) is 4.42 Å². The van der Waals surface area contributed by atoms with E-state index in [2.05, 4.69) is 28.6 Å². The molecule has 2 aliphatic rings. The van der Waals surface area contributed by atoms with E-state index >= 15 is 0 Å². The van der Waals surface area contributed by atoms with Crippen LogP contribution in [-0.4, -0.2) is 82.1 Å². The van der Waals surface area contributed by atoms with E-state index in [0.717, 1.165) is 65.0 Å². The van der Waals surface area contributed by atoms with Gasteiger partial charge in [0.05, 0.1) is 12.6 Å². The number of β-amino-alcohol motifs (C(OH)–C–C–N with tert-alkyl or cyclic N) is 1. The number of likely N-dealkylation sites (tertiary alicyclic amines) is 1. The van der Waals surface area contributed by atoms with Crippen LogP contribution in [-0.2, 0) is 6.54 Å². The number of carbonyl (C=O) groups is 1. The summed E-state index contributed by atoms with van der Waals surface area (Å²) in [6.07, 6.45) is 6.49. The largest absolute Gasteiger partial charge is 0.447 e. The van der Waals surface area contributed by atoms with Crippen LogP contribution in [0.4, 0.5) is 0 Å². The third-order valence-electron chi connectivity index (χ3n) is 5.75. The predicted octanol–water partition coefficient (Wildman–Crippen LogP) is 1.97. The highest BCUT2D eigenvalue weighted by atomic mass is 16.3. The van der Waals surface area contributed by atoms with Gasteiger partial charge < -0.3 is 14.4 Å².